The van der Waals surface area contributed by atoms with E-state index in [4.69, 9.17) is 9.47 Å². The van der Waals surface area contributed by atoms with Gasteiger partial charge in [0, 0.05) is 44.6 Å². The van der Waals surface area contributed by atoms with Crippen molar-refractivity contribution >= 4 is 0 Å². The fourth-order valence-corrected chi connectivity index (χ4v) is 3.44. The lowest BCUT2D eigenvalue weighted by atomic mass is 9.96. The molecular weight excluding hydrogens is 302 g/mol. The first-order valence-corrected chi connectivity index (χ1v) is 8.65. The average Bonchev–Trinajstić information content (AvgIpc) is 3.03. The Bertz CT molecular complexity index is 614. The summed E-state index contributed by atoms with van der Waals surface area (Å²) in [6.45, 7) is 1.50. The molecule has 130 valence electrons. The molecule has 1 fully saturated rings. The van der Waals surface area contributed by atoms with Crippen LogP contribution in [-0.2, 0) is 22.9 Å². The molecule has 1 saturated heterocycles. The Morgan fingerprint density at radius 1 is 1.38 bits per heavy atom. The predicted octanol–water partition coefficient (Wildman–Crippen LogP) is 2.49. The molecule has 0 radical (unpaired) electrons. The standard InChI is InChI=1S/C19H27N3O2/c1-22-13-16(12-20-22)19-18(9-6-10-24-19)21-17(14-23-2)11-15-7-4-3-5-8-15/h3-5,7-8,12-13,17-19,21H,6,9-11,14H2,1-2H3/t17-,18-,19+/m0/s1. The molecule has 2 heterocycles. The van der Waals surface area contributed by atoms with Crippen LogP contribution in [0.5, 0.6) is 0 Å². The zero-order valence-corrected chi connectivity index (χ0v) is 14.5. The maximum Gasteiger partial charge on any atom is 0.101 e. The number of benzene rings is 1. The molecule has 5 heteroatoms. The van der Waals surface area contributed by atoms with Crippen molar-refractivity contribution < 1.29 is 9.47 Å². The topological polar surface area (TPSA) is 48.3 Å². The van der Waals surface area contributed by atoms with Gasteiger partial charge < -0.3 is 14.8 Å². The van der Waals surface area contributed by atoms with Crippen LogP contribution in [0.3, 0.4) is 0 Å². The Labute approximate surface area is 144 Å². The highest BCUT2D eigenvalue weighted by Gasteiger charge is 2.30. The van der Waals surface area contributed by atoms with Crippen molar-refractivity contribution in [1.82, 2.24) is 15.1 Å². The number of rotatable bonds is 7. The maximum atomic E-state index is 6.06. The first kappa shape index (κ1) is 17.1. The van der Waals surface area contributed by atoms with Gasteiger partial charge in [-0.05, 0) is 24.8 Å². The van der Waals surface area contributed by atoms with Crippen LogP contribution in [0.1, 0.15) is 30.1 Å². The second-order valence-corrected chi connectivity index (χ2v) is 6.50. The molecule has 1 aliphatic rings. The summed E-state index contributed by atoms with van der Waals surface area (Å²) in [5.41, 5.74) is 2.47. The smallest absolute Gasteiger partial charge is 0.101 e. The van der Waals surface area contributed by atoms with Gasteiger partial charge in [0.25, 0.3) is 0 Å². The van der Waals surface area contributed by atoms with Crippen LogP contribution in [0.25, 0.3) is 0 Å². The van der Waals surface area contributed by atoms with E-state index in [1.165, 1.54) is 5.56 Å². The van der Waals surface area contributed by atoms with Crippen LogP contribution in [0.2, 0.25) is 0 Å². The zero-order valence-electron chi connectivity index (χ0n) is 14.5. The lowest BCUT2D eigenvalue weighted by Crippen LogP contribution is -2.47. The molecule has 0 saturated carbocycles. The number of aromatic nitrogens is 2. The Kier molecular flexibility index (Phi) is 6.01. The van der Waals surface area contributed by atoms with Gasteiger partial charge in [-0.25, -0.2) is 0 Å². The Hall–Kier alpha value is -1.69. The van der Waals surface area contributed by atoms with Crippen molar-refractivity contribution in [1.29, 1.82) is 0 Å². The molecule has 3 rings (SSSR count). The van der Waals surface area contributed by atoms with Gasteiger partial charge in [-0.2, -0.15) is 5.10 Å². The van der Waals surface area contributed by atoms with E-state index in [9.17, 15) is 0 Å². The number of methoxy groups -OCH3 is 1. The molecule has 1 aromatic heterocycles. The van der Waals surface area contributed by atoms with Gasteiger partial charge in [-0.3, -0.25) is 4.68 Å². The fourth-order valence-electron chi connectivity index (χ4n) is 3.44. The van der Waals surface area contributed by atoms with Crippen LogP contribution < -0.4 is 5.32 Å². The maximum absolute atomic E-state index is 6.06. The minimum Gasteiger partial charge on any atom is -0.383 e. The summed E-state index contributed by atoms with van der Waals surface area (Å²) in [7, 11) is 3.70. The molecule has 1 N–H and O–H groups in total. The number of aryl methyl sites for hydroxylation is 1. The molecule has 0 spiro atoms. The summed E-state index contributed by atoms with van der Waals surface area (Å²) >= 11 is 0. The molecule has 3 atom stereocenters. The van der Waals surface area contributed by atoms with Crippen molar-refractivity contribution in [3.05, 3.63) is 53.9 Å². The first-order chi connectivity index (χ1) is 11.8. The molecule has 1 aromatic carbocycles. The van der Waals surface area contributed by atoms with Gasteiger partial charge in [-0.15, -0.1) is 0 Å². The molecule has 0 aliphatic carbocycles. The molecular formula is C19H27N3O2. The van der Waals surface area contributed by atoms with Crippen LogP contribution in [0.4, 0.5) is 0 Å². The minimum absolute atomic E-state index is 0.0579. The number of ether oxygens (including phenoxy) is 2. The molecule has 1 aliphatic heterocycles. The molecule has 0 bridgehead atoms. The summed E-state index contributed by atoms with van der Waals surface area (Å²) in [4.78, 5) is 0. The van der Waals surface area contributed by atoms with E-state index < -0.39 is 0 Å². The monoisotopic (exact) mass is 329 g/mol. The highest BCUT2D eigenvalue weighted by atomic mass is 16.5. The van der Waals surface area contributed by atoms with Gasteiger partial charge in [0.05, 0.1) is 12.8 Å². The lowest BCUT2D eigenvalue weighted by Gasteiger charge is -2.35. The quantitative estimate of drug-likeness (QED) is 0.848. The highest BCUT2D eigenvalue weighted by molar-refractivity contribution is 5.17. The van der Waals surface area contributed by atoms with Crippen LogP contribution >= 0.6 is 0 Å². The second-order valence-electron chi connectivity index (χ2n) is 6.50. The number of hydrogen-bond acceptors (Lipinski definition) is 4. The van der Waals surface area contributed by atoms with Crippen molar-refractivity contribution in [2.45, 2.75) is 37.5 Å². The van der Waals surface area contributed by atoms with E-state index in [1.54, 1.807) is 7.11 Å². The average molecular weight is 329 g/mol. The third kappa shape index (κ3) is 4.44. The molecule has 0 amide bonds. The van der Waals surface area contributed by atoms with E-state index in [0.717, 1.165) is 31.4 Å². The van der Waals surface area contributed by atoms with Gasteiger partial charge in [-0.1, -0.05) is 30.3 Å². The number of hydrogen-bond donors (Lipinski definition) is 1. The summed E-state index contributed by atoms with van der Waals surface area (Å²) < 4.78 is 13.3. The molecule has 24 heavy (non-hydrogen) atoms. The van der Waals surface area contributed by atoms with Crippen LogP contribution in [0, 0.1) is 0 Å². The van der Waals surface area contributed by atoms with E-state index in [1.807, 2.05) is 24.1 Å². The third-order valence-electron chi connectivity index (χ3n) is 4.52. The lowest BCUT2D eigenvalue weighted by molar-refractivity contribution is -0.0168. The van der Waals surface area contributed by atoms with E-state index in [2.05, 4.69) is 40.7 Å². The second kappa shape index (κ2) is 8.42. The zero-order chi connectivity index (χ0) is 16.8. The molecule has 0 unspecified atom stereocenters. The van der Waals surface area contributed by atoms with Gasteiger partial charge in [0.2, 0.25) is 0 Å². The summed E-state index contributed by atoms with van der Waals surface area (Å²) in [5, 5.41) is 8.07. The van der Waals surface area contributed by atoms with Crippen molar-refractivity contribution in [3.8, 4) is 0 Å². The van der Waals surface area contributed by atoms with Crippen LogP contribution in [0.15, 0.2) is 42.7 Å². The molecule has 5 nitrogen and oxygen atoms in total. The van der Waals surface area contributed by atoms with Crippen LogP contribution in [-0.4, -0.2) is 42.2 Å². The van der Waals surface area contributed by atoms with Gasteiger partial charge in [0.1, 0.15) is 6.10 Å². The summed E-state index contributed by atoms with van der Waals surface area (Å²) in [6, 6.07) is 11.1. The van der Waals surface area contributed by atoms with E-state index >= 15 is 0 Å². The van der Waals surface area contributed by atoms with Gasteiger partial charge in [0.15, 0.2) is 0 Å². The highest BCUT2D eigenvalue weighted by Crippen LogP contribution is 2.28. The molecule has 2 aromatic rings. The Morgan fingerprint density at radius 3 is 2.92 bits per heavy atom. The predicted molar refractivity (Wildman–Crippen MR) is 93.9 cm³/mol. The normalized spacial score (nSPS) is 22.4. The Balaban J connectivity index is 1.69. The summed E-state index contributed by atoms with van der Waals surface area (Å²) in [5.74, 6) is 0. The van der Waals surface area contributed by atoms with Gasteiger partial charge >= 0.3 is 0 Å². The first-order valence-electron chi connectivity index (χ1n) is 8.65. The van der Waals surface area contributed by atoms with Crippen molar-refractivity contribution in [2.24, 2.45) is 7.05 Å². The number of nitrogens with zero attached hydrogens (tertiary/aromatic N) is 2. The fraction of sp³-hybridized carbons (Fsp3) is 0.526. The Morgan fingerprint density at radius 2 is 2.21 bits per heavy atom. The van der Waals surface area contributed by atoms with E-state index in [-0.39, 0.29) is 18.2 Å². The largest absolute Gasteiger partial charge is 0.383 e. The number of nitrogens with one attached hydrogen (secondary N) is 1. The summed E-state index contributed by atoms with van der Waals surface area (Å²) in [6.07, 6.45) is 7.15. The van der Waals surface area contributed by atoms with Crippen molar-refractivity contribution in [2.75, 3.05) is 20.3 Å². The van der Waals surface area contributed by atoms with Crippen molar-refractivity contribution in [3.63, 3.8) is 0 Å². The minimum atomic E-state index is 0.0579. The third-order valence-corrected chi connectivity index (χ3v) is 4.52. The SMILES string of the molecule is COC[C@H](Cc1ccccc1)N[C@H]1CCCO[C@@H]1c1cnn(C)c1. The van der Waals surface area contributed by atoms with E-state index in [0.29, 0.717) is 6.61 Å².